The molecule has 0 N–H and O–H groups in total. The van der Waals surface area contributed by atoms with Crippen LogP contribution >= 0.6 is 11.3 Å². The average molecular weight is 523 g/mol. The van der Waals surface area contributed by atoms with E-state index < -0.39 is 12.0 Å². The van der Waals surface area contributed by atoms with E-state index in [4.69, 9.17) is 23.9 Å². The Hall–Kier alpha value is -3.85. The lowest BCUT2D eigenvalue weighted by atomic mass is 9.93. The molecule has 3 aromatic rings. The lowest BCUT2D eigenvalue weighted by Crippen LogP contribution is -2.40. The number of para-hydroxylation sites is 2. The van der Waals surface area contributed by atoms with E-state index in [1.54, 1.807) is 45.0 Å². The van der Waals surface area contributed by atoms with Crippen molar-refractivity contribution in [3.63, 3.8) is 0 Å². The number of methoxy groups -OCH3 is 3. The van der Waals surface area contributed by atoms with Crippen molar-refractivity contribution < 1.29 is 23.7 Å². The second-order valence-corrected chi connectivity index (χ2v) is 9.25. The third-order valence-electron chi connectivity index (χ3n) is 6.05. The summed E-state index contributed by atoms with van der Waals surface area (Å²) in [5, 5.41) is 0. The van der Waals surface area contributed by atoms with Crippen molar-refractivity contribution in [2.45, 2.75) is 32.7 Å². The normalized spacial score (nSPS) is 15.2. The van der Waals surface area contributed by atoms with Crippen LogP contribution in [0.1, 0.15) is 43.9 Å². The number of benzene rings is 2. The van der Waals surface area contributed by atoms with Crippen molar-refractivity contribution in [3.8, 4) is 17.2 Å². The molecular formula is C28H30N2O6S. The molecule has 8 nitrogen and oxygen atoms in total. The van der Waals surface area contributed by atoms with Crippen molar-refractivity contribution in [2.75, 3.05) is 27.9 Å². The molecule has 1 atom stereocenters. The van der Waals surface area contributed by atoms with Gasteiger partial charge in [0, 0.05) is 11.1 Å². The molecule has 1 aliphatic rings. The summed E-state index contributed by atoms with van der Waals surface area (Å²) in [7, 11) is 4.69. The number of hydrogen-bond donors (Lipinski definition) is 0. The summed E-state index contributed by atoms with van der Waals surface area (Å²) in [4.78, 5) is 32.5. The van der Waals surface area contributed by atoms with E-state index in [0.29, 0.717) is 55.4 Å². The maximum Gasteiger partial charge on any atom is 0.338 e. The lowest BCUT2D eigenvalue weighted by molar-refractivity contribution is -0.139. The van der Waals surface area contributed by atoms with Crippen LogP contribution in [0.5, 0.6) is 17.2 Å². The van der Waals surface area contributed by atoms with E-state index in [0.717, 1.165) is 6.42 Å². The fourth-order valence-corrected chi connectivity index (χ4v) is 5.49. The first-order valence-corrected chi connectivity index (χ1v) is 12.9. The highest BCUT2D eigenvalue weighted by Crippen LogP contribution is 2.37. The van der Waals surface area contributed by atoms with Crippen molar-refractivity contribution in [3.05, 3.63) is 84.5 Å². The Morgan fingerprint density at radius 2 is 1.76 bits per heavy atom. The summed E-state index contributed by atoms with van der Waals surface area (Å²) in [6, 6.07) is 12.1. The number of esters is 1. The molecule has 0 aliphatic carbocycles. The summed E-state index contributed by atoms with van der Waals surface area (Å²) in [6.07, 6.45) is 3.10. The minimum absolute atomic E-state index is 0.209. The van der Waals surface area contributed by atoms with E-state index in [1.165, 1.54) is 11.3 Å². The summed E-state index contributed by atoms with van der Waals surface area (Å²) in [6.45, 7) is 3.99. The molecule has 0 saturated heterocycles. The van der Waals surface area contributed by atoms with Crippen LogP contribution in [0, 0.1) is 0 Å². The molecule has 194 valence electrons. The predicted octanol–water partition coefficient (Wildman–Crippen LogP) is 3.60. The van der Waals surface area contributed by atoms with E-state index in [-0.39, 0.29) is 12.2 Å². The lowest BCUT2D eigenvalue weighted by Gasteiger charge is -2.26. The summed E-state index contributed by atoms with van der Waals surface area (Å²) < 4.78 is 24.1. The van der Waals surface area contributed by atoms with Gasteiger partial charge in [-0.1, -0.05) is 55.0 Å². The Labute approximate surface area is 219 Å². The minimum atomic E-state index is -0.748. The quantitative estimate of drug-likeness (QED) is 0.399. The maximum absolute atomic E-state index is 13.9. The smallest absolute Gasteiger partial charge is 0.338 e. The number of nitrogens with zero attached hydrogens (tertiary/aromatic N) is 2. The van der Waals surface area contributed by atoms with Gasteiger partial charge in [0.25, 0.3) is 5.56 Å². The molecule has 4 rings (SSSR count). The summed E-state index contributed by atoms with van der Waals surface area (Å²) in [5.41, 5.74) is 2.07. The Balaban J connectivity index is 2.04. The van der Waals surface area contributed by atoms with Crippen molar-refractivity contribution >= 4 is 23.4 Å². The first-order chi connectivity index (χ1) is 18.0. The molecule has 0 saturated carbocycles. The zero-order valence-electron chi connectivity index (χ0n) is 21.6. The topological polar surface area (TPSA) is 88.4 Å². The first-order valence-electron chi connectivity index (χ1n) is 12.0. The van der Waals surface area contributed by atoms with E-state index >= 15 is 0 Å². The number of carbonyl (C=O) groups excluding carboxylic acids is 1. The number of thiazole rings is 1. The molecule has 0 unspecified atom stereocenters. The second-order valence-electron chi connectivity index (χ2n) is 8.24. The van der Waals surface area contributed by atoms with Gasteiger partial charge >= 0.3 is 5.97 Å². The van der Waals surface area contributed by atoms with Gasteiger partial charge in [-0.25, -0.2) is 9.79 Å². The third kappa shape index (κ3) is 4.91. The second kappa shape index (κ2) is 11.5. The molecule has 0 bridgehead atoms. The molecule has 0 fully saturated rings. The highest BCUT2D eigenvalue weighted by atomic mass is 32.1. The number of allylic oxidation sites excluding steroid dienone is 1. The predicted molar refractivity (Wildman–Crippen MR) is 142 cm³/mol. The molecule has 37 heavy (non-hydrogen) atoms. The fraction of sp³-hybridized carbons (Fsp3) is 0.321. The SMILES string of the molecule is CCCC1=C(C(=O)OCC)[C@H](c2ccccc2OC)n2c(s/c(=C/c3cccc(OC)c3OC)c2=O)=N1. The zero-order chi connectivity index (χ0) is 26.5. The van der Waals surface area contributed by atoms with Gasteiger partial charge in [-0.2, -0.15) is 0 Å². The Morgan fingerprint density at radius 3 is 2.43 bits per heavy atom. The van der Waals surface area contributed by atoms with Crippen molar-refractivity contribution in [1.82, 2.24) is 4.57 Å². The van der Waals surface area contributed by atoms with Crippen LogP contribution in [0.2, 0.25) is 0 Å². The van der Waals surface area contributed by atoms with Crippen molar-refractivity contribution in [2.24, 2.45) is 4.99 Å². The van der Waals surface area contributed by atoms with Gasteiger partial charge in [0.05, 0.1) is 43.7 Å². The average Bonchev–Trinajstić information content (AvgIpc) is 3.22. The highest BCUT2D eigenvalue weighted by Gasteiger charge is 2.35. The molecule has 9 heteroatoms. The van der Waals surface area contributed by atoms with Gasteiger partial charge in [0.1, 0.15) is 11.8 Å². The summed E-state index contributed by atoms with van der Waals surface area (Å²) in [5.74, 6) is 1.16. The number of aromatic nitrogens is 1. The van der Waals surface area contributed by atoms with Gasteiger partial charge in [-0.15, -0.1) is 0 Å². The van der Waals surface area contributed by atoms with Crippen LogP contribution in [-0.2, 0) is 9.53 Å². The van der Waals surface area contributed by atoms with Crippen LogP contribution in [0.4, 0.5) is 0 Å². The minimum Gasteiger partial charge on any atom is -0.496 e. The van der Waals surface area contributed by atoms with Gasteiger partial charge in [0.2, 0.25) is 0 Å². The van der Waals surface area contributed by atoms with Crippen LogP contribution in [0.15, 0.2) is 63.5 Å². The molecule has 1 aromatic heterocycles. The molecule has 1 aliphatic heterocycles. The van der Waals surface area contributed by atoms with Crippen LogP contribution in [0.3, 0.4) is 0 Å². The van der Waals surface area contributed by atoms with Gasteiger partial charge < -0.3 is 18.9 Å². The Kier molecular flexibility index (Phi) is 8.13. The molecule has 0 amide bonds. The standard InChI is InChI=1S/C28H30N2O6S/c1-6-11-19-23(27(32)36-7-2)24(18-13-8-9-14-20(18)33-3)30-26(31)22(37-28(30)29-19)16-17-12-10-15-21(34-4)25(17)35-5/h8-10,12-16,24H,6-7,11H2,1-5H3/b22-16+/t24-/m0/s1. The fourth-order valence-electron chi connectivity index (χ4n) is 4.47. The summed E-state index contributed by atoms with van der Waals surface area (Å²) >= 11 is 1.26. The van der Waals surface area contributed by atoms with Gasteiger partial charge in [0.15, 0.2) is 16.3 Å². The van der Waals surface area contributed by atoms with E-state index in [2.05, 4.69) is 0 Å². The zero-order valence-corrected chi connectivity index (χ0v) is 22.4. The number of hydrogen-bond acceptors (Lipinski definition) is 8. The van der Waals surface area contributed by atoms with Gasteiger partial charge in [-0.3, -0.25) is 9.36 Å². The maximum atomic E-state index is 13.9. The molecule has 2 heterocycles. The van der Waals surface area contributed by atoms with Gasteiger partial charge in [-0.05, 0) is 31.6 Å². The molecule has 0 spiro atoms. The highest BCUT2D eigenvalue weighted by molar-refractivity contribution is 7.07. The largest absolute Gasteiger partial charge is 0.496 e. The van der Waals surface area contributed by atoms with Crippen LogP contribution in [-0.4, -0.2) is 38.5 Å². The number of ether oxygens (including phenoxy) is 4. The number of carbonyl (C=O) groups is 1. The number of fused-ring (bicyclic) bond motifs is 1. The Bertz CT molecular complexity index is 1520. The van der Waals surface area contributed by atoms with Crippen molar-refractivity contribution in [1.29, 1.82) is 0 Å². The van der Waals surface area contributed by atoms with Crippen LogP contribution < -0.4 is 29.1 Å². The first kappa shape index (κ1) is 26.2. The molecule has 0 radical (unpaired) electrons. The monoisotopic (exact) mass is 522 g/mol. The molecular weight excluding hydrogens is 492 g/mol. The van der Waals surface area contributed by atoms with E-state index in [9.17, 15) is 9.59 Å². The third-order valence-corrected chi connectivity index (χ3v) is 7.03. The van der Waals surface area contributed by atoms with E-state index in [1.807, 2.05) is 43.3 Å². The number of rotatable bonds is 9. The van der Waals surface area contributed by atoms with Crippen LogP contribution in [0.25, 0.3) is 6.08 Å². The molecule has 2 aromatic carbocycles. The Morgan fingerprint density at radius 1 is 1.03 bits per heavy atom.